The summed E-state index contributed by atoms with van der Waals surface area (Å²) in [6.45, 7) is 0.869. The van der Waals surface area contributed by atoms with Gasteiger partial charge in [0.15, 0.2) is 0 Å². The Hall–Kier alpha value is -0.860. The zero-order valence-corrected chi connectivity index (χ0v) is 10.4. The van der Waals surface area contributed by atoms with Crippen LogP contribution in [0.25, 0.3) is 0 Å². The lowest BCUT2D eigenvalue weighted by atomic mass is 9.74. The first-order chi connectivity index (χ1) is 8.35. The fourth-order valence-electron chi connectivity index (χ4n) is 3.07. The van der Waals surface area contributed by atoms with Gasteiger partial charge >= 0.3 is 0 Å². The van der Waals surface area contributed by atoms with Crippen molar-refractivity contribution >= 4 is 0 Å². The maximum Gasteiger partial charge on any atom is 0.0473 e. The van der Waals surface area contributed by atoms with Crippen LogP contribution in [0.1, 0.15) is 37.2 Å². The van der Waals surface area contributed by atoms with Crippen molar-refractivity contribution in [2.24, 2.45) is 17.6 Å². The minimum atomic E-state index is 0.247. The normalized spacial score (nSPS) is 26.7. The van der Waals surface area contributed by atoms with Gasteiger partial charge in [-0.2, -0.15) is 0 Å². The lowest BCUT2D eigenvalue weighted by Gasteiger charge is -2.32. The molecule has 0 spiro atoms. The molecule has 2 rings (SSSR count). The van der Waals surface area contributed by atoms with E-state index in [0.717, 1.165) is 0 Å². The highest BCUT2D eigenvalue weighted by Gasteiger charge is 2.26. The summed E-state index contributed by atoms with van der Waals surface area (Å²) in [6.07, 6.45) is 4.90. The van der Waals surface area contributed by atoms with Crippen molar-refractivity contribution in [3.8, 4) is 0 Å². The zero-order chi connectivity index (χ0) is 12.1. The summed E-state index contributed by atoms with van der Waals surface area (Å²) in [5, 5.41) is 9.28. The molecule has 0 amide bonds. The van der Waals surface area contributed by atoms with Crippen LogP contribution in [0.3, 0.4) is 0 Å². The Bertz CT molecular complexity index is 313. The summed E-state index contributed by atoms with van der Waals surface area (Å²) >= 11 is 0. The van der Waals surface area contributed by atoms with Gasteiger partial charge in [-0.15, -0.1) is 0 Å². The molecular weight excluding hydrogens is 210 g/mol. The number of aliphatic hydroxyl groups is 1. The molecule has 1 unspecified atom stereocenters. The highest BCUT2D eigenvalue weighted by atomic mass is 16.3. The van der Waals surface area contributed by atoms with E-state index < -0.39 is 0 Å². The molecule has 17 heavy (non-hydrogen) atoms. The molecular formula is C15H23NO. The zero-order valence-electron chi connectivity index (χ0n) is 10.4. The molecule has 0 bridgehead atoms. The van der Waals surface area contributed by atoms with E-state index in [-0.39, 0.29) is 6.61 Å². The third-order valence-electron chi connectivity index (χ3n) is 4.25. The van der Waals surface area contributed by atoms with Gasteiger partial charge in [0.05, 0.1) is 0 Å². The van der Waals surface area contributed by atoms with Gasteiger partial charge in [0, 0.05) is 6.61 Å². The molecule has 1 aliphatic rings. The van der Waals surface area contributed by atoms with E-state index in [4.69, 9.17) is 5.73 Å². The molecule has 1 atom stereocenters. The van der Waals surface area contributed by atoms with Crippen molar-refractivity contribution in [1.29, 1.82) is 0 Å². The molecule has 1 fully saturated rings. The molecule has 3 N–H and O–H groups in total. The monoisotopic (exact) mass is 233 g/mol. The lowest BCUT2D eigenvalue weighted by Crippen LogP contribution is -2.29. The summed E-state index contributed by atoms with van der Waals surface area (Å²) in [5.41, 5.74) is 7.17. The average Bonchev–Trinajstić information content (AvgIpc) is 2.42. The van der Waals surface area contributed by atoms with Crippen molar-refractivity contribution in [2.75, 3.05) is 13.2 Å². The van der Waals surface area contributed by atoms with Gasteiger partial charge in [0.25, 0.3) is 0 Å². The maximum absolute atomic E-state index is 9.28. The van der Waals surface area contributed by atoms with E-state index in [2.05, 4.69) is 30.3 Å². The van der Waals surface area contributed by atoms with Crippen LogP contribution in [0.2, 0.25) is 0 Å². The van der Waals surface area contributed by atoms with Crippen LogP contribution in [-0.2, 0) is 0 Å². The number of nitrogens with two attached hydrogens (primary N) is 1. The van der Waals surface area contributed by atoms with Gasteiger partial charge in [-0.05, 0) is 55.5 Å². The van der Waals surface area contributed by atoms with Crippen LogP contribution in [-0.4, -0.2) is 18.3 Å². The molecule has 1 aromatic rings. The second kappa shape index (κ2) is 6.18. The molecule has 1 aliphatic carbocycles. The predicted octanol–water partition coefficient (Wildman–Crippen LogP) is 2.53. The topological polar surface area (TPSA) is 46.2 Å². The minimum Gasteiger partial charge on any atom is -0.396 e. The Morgan fingerprint density at radius 3 is 2.29 bits per heavy atom. The van der Waals surface area contributed by atoms with Crippen LogP contribution in [0.4, 0.5) is 0 Å². The molecule has 0 heterocycles. The Balaban J connectivity index is 1.90. The van der Waals surface area contributed by atoms with Crippen molar-refractivity contribution in [3.63, 3.8) is 0 Å². The largest absolute Gasteiger partial charge is 0.396 e. The fourth-order valence-corrected chi connectivity index (χ4v) is 3.07. The van der Waals surface area contributed by atoms with E-state index in [9.17, 15) is 5.11 Å². The third-order valence-corrected chi connectivity index (χ3v) is 4.25. The van der Waals surface area contributed by atoms with Gasteiger partial charge in [-0.25, -0.2) is 0 Å². The van der Waals surface area contributed by atoms with E-state index in [1.54, 1.807) is 0 Å². The van der Waals surface area contributed by atoms with Gasteiger partial charge < -0.3 is 10.8 Å². The molecule has 1 saturated carbocycles. The Labute approximate surface area is 104 Å². The first-order valence-electron chi connectivity index (χ1n) is 6.71. The molecule has 2 heteroatoms. The predicted molar refractivity (Wildman–Crippen MR) is 70.8 cm³/mol. The molecule has 1 aromatic carbocycles. The van der Waals surface area contributed by atoms with E-state index in [0.29, 0.717) is 24.3 Å². The summed E-state index contributed by atoms with van der Waals surface area (Å²) < 4.78 is 0. The van der Waals surface area contributed by atoms with Crippen LogP contribution < -0.4 is 5.73 Å². The van der Waals surface area contributed by atoms with Gasteiger partial charge in [0.2, 0.25) is 0 Å². The fraction of sp³-hybridized carbons (Fsp3) is 0.600. The van der Waals surface area contributed by atoms with Crippen molar-refractivity contribution in [3.05, 3.63) is 35.9 Å². The lowest BCUT2D eigenvalue weighted by molar-refractivity contribution is 0.147. The Morgan fingerprint density at radius 1 is 1.12 bits per heavy atom. The molecule has 2 nitrogen and oxygen atoms in total. The average molecular weight is 233 g/mol. The molecule has 94 valence electrons. The van der Waals surface area contributed by atoms with E-state index >= 15 is 0 Å². The van der Waals surface area contributed by atoms with Gasteiger partial charge in [-0.1, -0.05) is 30.3 Å². The standard InChI is InChI=1S/C15H23NO/c16-10-15(11-17)14-8-6-13(7-9-14)12-4-2-1-3-5-12/h1-5,13-15,17H,6-11,16H2. The second-order valence-electron chi connectivity index (χ2n) is 5.20. The number of hydrogen-bond acceptors (Lipinski definition) is 2. The van der Waals surface area contributed by atoms with Crippen LogP contribution >= 0.6 is 0 Å². The van der Waals surface area contributed by atoms with Gasteiger partial charge in [-0.3, -0.25) is 0 Å². The number of rotatable bonds is 4. The number of aliphatic hydroxyl groups excluding tert-OH is 1. The van der Waals surface area contributed by atoms with Crippen LogP contribution in [0.15, 0.2) is 30.3 Å². The van der Waals surface area contributed by atoms with Gasteiger partial charge in [0.1, 0.15) is 0 Å². The highest BCUT2D eigenvalue weighted by Crippen LogP contribution is 2.38. The smallest absolute Gasteiger partial charge is 0.0473 e. The van der Waals surface area contributed by atoms with Crippen molar-refractivity contribution in [2.45, 2.75) is 31.6 Å². The first-order valence-corrected chi connectivity index (χ1v) is 6.71. The van der Waals surface area contributed by atoms with Crippen molar-refractivity contribution in [1.82, 2.24) is 0 Å². The molecule has 0 aliphatic heterocycles. The van der Waals surface area contributed by atoms with Crippen LogP contribution in [0, 0.1) is 11.8 Å². The van der Waals surface area contributed by atoms with E-state index in [1.807, 2.05) is 0 Å². The number of benzene rings is 1. The Kier molecular flexibility index (Phi) is 4.57. The summed E-state index contributed by atoms with van der Waals surface area (Å²) in [4.78, 5) is 0. The summed E-state index contributed by atoms with van der Waals surface area (Å²) in [6, 6.07) is 10.8. The minimum absolute atomic E-state index is 0.247. The molecule has 0 saturated heterocycles. The summed E-state index contributed by atoms with van der Waals surface area (Å²) in [7, 11) is 0. The highest BCUT2D eigenvalue weighted by molar-refractivity contribution is 5.19. The first kappa shape index (κ1) is 12.6. The SMILES string of the molecule is NCC(CO)C1CCC(c2ccccc2)CC1. The molecule has 0 aromatic heterocycles. The second-order valence-corrected chi connectivity index (χ2v) is 5.20. The molecule has 0 radical (unpaired) electrons. The van der Waals surface area contributed by atoms with Crippen molar-refractivity contribution < 1.29 is 5.11 Å². The quantitative estimate of drug-likeness (QED) is 0.839. The summed E-state index contributed by atoms with van der Waals surface area (Å²) in [5.74, 6) is 1.65. The van der Waals surface area contributed by atoms with Crippen LogP contribution in [0.5, 0.6) is 0 Å². The third kappa shape index (κ3) is 3.08. The van der Waals surface area contributed by atoms with E-state index in [1.165, 1.54) is 31.2 Å². The Morgan fingerprint density at radius 2 is 1.76 bits per heavy atom. The maximum atomic E-state index is 9.28. The number of hydrogen-bond donors (Lipinski definition) is 2.